The maximum atomic E-state index is 12.9. The van der Waals surface area contributed by atoms with E-state index in [9.17, 15) is 9.59 Å². The number of hydrogen-bond acceptors (Lipinski definition) is 3. The van der Waals surface area contributed by atoms with Crippen LogP contribution in [0.5, 0.6) is 5.75 Å². The summed E-state index contributed by atoms with van der Waals surface area (Å²) in [7, 11) is 1.55. The van der Waals surface area contributed by atoms with Crippen LogP contribution in [0.4, 0.5) is 5.69 Å². The van der Waals surface area contributed by atoms with E-state index in [-0.39, 0.29) is 18.4 Å². The summed E-state index contributed by atoms with van der Waals surface area (Å²) < 4.78 is 7.33. The number of ether oxygens (including phenoxy) is 1. The highest BCUT2D eigenvalue weighted by molar-refractivity contribution is 5.91. The largest absolute Gasteiger partial charge is 0.495 e. The number of nitrogens with one attached hydrogen (secondary N) is 2. The molecule has 2 amide bonds. The molecular weight excluding hydrogens is 402 g/mol. The van der Waals surface area contributed by atoms with Gasteiger partial charge in [-0.3, -0.25) is 9.59 Å². The summed E-state index contributed by atoms with van der Waals surface area (Å²) in [5.74, 6) is 0.291. The zero-order valence-electron chi connectivity index (χ0n) is 18.1. The van der Waals surface area contributed by atoms with Gasteiger partial charge in [0.15, 0.2) is 0 Å². The maximum absolute atomic E-state index is 12.9. The van der Waals surface area contributed by atoms with Gasteiger partial charge in [-0.25, -0.2) is 0 Å². The Morgan fingerprint density at radius 3 is 2.44 bits per heavy atom. The van der Waals surface area contributed by atoms with Crippen LogP contribution in [0, 0.1) is 0 Å². The molecule has 6 nitrogen and oxygen atoms in total. The van der Waals surface area contributed by atoms with Crippen molar-refractivity contribution >= 4 is 28.4 Å². The minimum atomic E-state index is -0.183. The highest BCUT2D eigenvalue weighted by atomic mass is 16.5. The third kappa shape index (κ3) is 4.64. The van der Waals surface area contributed by atoms with Gasteiger partial charge in [-0.1, -0.05) is 54.6 Å². The Kier molecular flexibility index (Phi) is 6.22. The van der Waals surface area contributed by atoms with Gasteiger partial charge in [0, 0.05) is 30.1 Å². The van der Waals surface area contributed by atoms with Crippen molar-refractivity contribution in [3.8, 4) is 17.0 Å². The molecule has 1 aromatic heterocycles. The number of hydrogen-bond donors (Lipinski definition) is 2. The number of carbonyl (C=O) groups excluding carboxylic acids is 2. The van der Waals surface area contributed by atoms with Crippen molar-refractivity contribution in [2.75, 3.05) is 12.4 Å². The number of benzene rings is 3. The van der Waals surface area contributed by atoms with Crippen LogP contribution in [0.1, 0.15) is 12.5 Å². The van der Waals surface area contributed by atoms with Gasteiger partial charge < -0.3 is 19.9 Å². The molecule has 0 radical (unpaired) electrons. The van der Waals surface area contributed by atoms with Crippen LogP contribution in [-0.4, -0.2) is 23.5 Å². The number of rotatable bonds is 7. The molecule has 0 saturated heterocycles. The summed E-state index contributed by atoms with van der Waals surface area (Å²) >= 11 is 0. The normalized spacial score (nSPS) is 10.7. The van der Waals surface area contributed by atoms with Crippen LogP contribution in [-0.2, 0) is 22.7 Å². The van der Waals surface area contributed by atoms with E-state index in [1.807, 2.05) is 59.2 Å². The van der Waals surface area contributed by atoms with Crippen LogP contribution in [0.15, 0.2) is 78.9 Å². The van der Waals surface area contributed by atoms with E-state index in [0.717, 1.165) is 27.7 Å². The molecule has 0 spiro atoms. The predicted octanol–water partition coefficient (Wildman–Crippen LogP) is 4.59. The van der Waals surface area contributed by atoms with E-state index in [1.165, 1.54) is 6.92 Å². The first-order valence-electron chi connectivity index (χ1n) is 10.4. The number of carbonyl (C=O) groups is 2. The number of aromatic nitrogens is 1. The van der Waals surface area contributed by atoms with Crippen LogP contribution >= 0.6 is 0 Å². The van der Waals surface area contributed by atoms with Crippen LogP contribution in [0.25, 0.3) is 22.2 Å². The summed E-state index contributed by atoms with van der Waals surface area (Å²) in [5, 5.41) is 6.83. The van der Waals surface area contributed by atoms with E-state index in [4.69, 9.17) is 4.74 Å². The second-order valence-electron chi connectivity index (χ2n) is 7.53. The topological polar surface area (TPSA) is 72.4 Å². The zero-order chi connectivity index (χ0) is 22.5. The maximum Gasteiger partial charge on any atom is 0.240 e. The highest BCUT2D eigenvalue weighted by Crippen LogP contribution is 2.28. The first-order valence-corrected chi connectivity index (χ1v) is 10.4. The van der Waals surface area contributed by atoms with Crippen molar-refractivity contribution in [1.29, 1.82) is 0 Å². The lowest BCUT2D eigenvalue weighted by molar-refractivity contribution is -0.121. The van der Waals surface area contributed by atoms with Gasteiger partial charge in [0.05, 0.1) is 12.8 Å². The van der Waals surface area contributed by atoms with Crippen LogP contribution in [0.3, 0.4) is 0 Å². The average molecular weight is 428 g/mol. The number of methoxy groups -OCH3 is 1. The summed E-state index contributed by atoms with van der Waals surface area (Å²) in [5.41, 5.74) is 4.52. The van der Waals surface area contributed by atoms with E-state index < -0.39 is 0 Å². The number of amides is 2. The van der Waals surface area contributed by atoms with Gasteiger partial charge >= 0.3 is 0 Å². The standard InChI is InChI=1S/C26H25N3O3/c1-18(30)28-22-14-19(12-13-25(22)32-2)16-27-26(31)17-29-23-11-7-6-10-21(23)15-24(29)20-8-4-3-5-9-20/h3-15H,16-17H2,1-2H3,(H,27,31)(H,28,30). The van der Waals surface area contributed by atoms with Crippen molar-refractivity contribution < 1.29 is 14.3 Å². The molecule has 3 aromatic carbocycles. The molecule has 6 heteroatoms. The fourth-order valence-corrected chi connectivity index (χ4v) is 3.78. The molecule has 0 aliphatic heterocycles. The van der Waals surface area contributed by atoms with Gasteiger partial charge in [-0.05, 0) is 35.4 Å². The van der Waals surface area contributed by atoms with Gasteiger partial charge in [-0.15, -0.1) is 0 Å². The summed E-state index contributed by atoms with van der Waals surface area (Å²) in [6.45, 7) is 1.99. The minimum Gasteiger partial charge on any atom is -0.495 e. The first kappa shape index (κ1) is 21.2. The molecular formula is C26H25N3O3. The molecule has 0 bridgehead atoms. The number of fused-ring (bicyclic) bond motifs is 1. The molecule has 0 fully saturated rings. The molecule has 4 aromatic rings. The molecule has 162 valence electrons. The lowest BCUT2D eigenvalue weighted by Gasteiger charge is -2.13. The smallest absolute Gasteiger partial charge is 0.240 e. The Morgan fingerprint density at radius 2 is 1.69 bits per heavy atom. The second-order valence-corrected chi connectivity index (χ2v) is 7.53. The lowest BCUT2D eigenvalue weighted by Crippen LogP contribution is -2.27. The molecule has 0 saturated carbocycles. The van der Waals surface area contributed by atoms with Crippen molar-refractivity contribution in [2.45, 2.75) is 20.0 Å². The molecule has 0 atom stereocenters. The van der Waals surface area contributed by atoms with Crippen molar-refractivity contribution in [3.05, 3.63) is 84.4 Å². The molecule has 4 rings (SSSR count). The fourth-order valence-electron chi connectivity index (χ4n) is 3.78. The fraction of sp³-hybridized carbons (Fsp3) is 0.154. The van der Waals surface area contributed by atoms with Crippen molar-refractivity contribution in [3.63, 3.8) is 0 Å². The first-order chi connectivity index (χ1) is 15.5. The third-order valence-corrected chi connectivity index (χ3v) is 5.25. The molecule has 1 heterocycles. The van der Waals surface area contributed by atoms with E-state index in [0.29, 0.717) is 18.0 Å². The lowest BCUT2D eigenvalue weighted by atomic mass is 10.1. The Bertz CT molecular complexity index is 1260. The number of anilines is 1. The van der Waals surface area contributed by atoms with E-state index in [2.05, 4.69) is 22.8 Å². The molecule has 0 unspecified atom stereocenters. The summed E-state index contributed by atoms with van der Waals surface area (Å²) in [6, 6.07) is 25.7. The van der Waals surface area contributed by atoms with E-state index >= 15 is 0 Å². The van der Waals surface area contributed by atoms with E-state index in [1.54, 1.807) is 19.2 Å². The number of nitrogens with zero attached hydrogens (tertiary/aromatic N) is 1. The Labute approximate surface area is 186 Å². The summed E-state index contributed by atoms with van der Waals surface area (Å²) in [4.78, 5) is 24.3. The number of para-hydroxylation sites is 1. The monoisotopic (exact) mass is 427 g/mol. The predicted molar refractivity (Wildman–Crippen MR) is 127 cm³/mol. The molecule has 0 aliphatic carbocycles. The second kappa shape index (κ2) is 9.39. The minimum absolute atomic E-state index is 0.0968. The average Bonchev–Trinajstić information content (AvgIpc) is 3.16. The van der Waals surface area contributed by atoms with Crippen molar-refractivity contribution in [1.82, 2.24) is 9.88 Å². The quantitative estimate of drug-likeness (QED) is 0.453. The Hall–Kier alpha value is -4.06. The van der Waals surface area contributed by atoms with Gasteiger partial charge in [0.2, 0.25) is 11.8 Å². The summed E-state index contributed by atoms with van der Waals surface area (Å²) in [6.07, 6.45) is 0. The SMILES string of the molecule is COc1ccc(CNC(=O)Cn2c(-c3ccccc3)cc3ccccc32)cc1NC(C)=O. The van der Waals surface area contributed by atoms with Gasteiger partial charge in [-0.2, -0.15) is 0 Å². The third-order valence-electron chi connectivity index (χ3n) is 5.25. The highest BCUT2D eigenvalue weighted by Gasteiger charge is 2.14. The Balaban J connectivity index is 1.53. The Morgan fingerprint density at radius 1 is 0.938 bits per heavy atom. The van der Waals surface area contributed by atoms with Gasteiger partial charge in [0.25, 0.3) is 0 Å². The van der Waals surface area contributed by atoms with Crippen molar-refractivity contribution in [2.24, 2.45) is 0 Å². The molecule has 32 heavy (non-hydrogen) atoms. The molecule has 0 aliphatic rings. The molecule has 2 N–H and O–H groups in total. The zero-order valence-corrected chi connectivity index (χ0v) is 18.1. The van der Waals surface area contributed by atoms with Crippen LogP contribution < -0.4 is 15.4 Å². The van der Waals surface area contributed by atoms with Crippen LogP contribution in [0.2, 0.25) is 0 Å². The van der Waals surface area contributed by atoms with Gasteiger partial charge in [0.1, 0.15) is 12.3 Å².